The minimum absolute atomic E-state index is 0.212. The molecule has 2 aliphatic rings. The molecule has 0 heterocycles. The lowest BCUT2D eigenvalue weighted by molar-refractivity contribution is -0.142. The molecule has 4 heteroatoms. The minimum atomic E-state index is -0.212. The molecule has 0 N–H and O–H groups in total. The summed E-state index contributed by atoms with van der Waals surface area (Å²) in [4.78, 5) is 26.6. The van der Waals surface area contributed by atoms with Crippen molar-refractivity contribution in [3.05, 3.63) is 0 Å². The van der Waals surface area contributed by atoms with E-state index in [-0.39, 0.29) is 11.9 Å². The Morgan fingerprint density at radius 1 is 0.875 bits per heavy atom. The number of methoxy groups -OCH3 is 1. The average Bonchev–Trinajstić information content (AvgIpc) is 2.57. The lowest BCUT2D eigenvalue weighted by atomic mass is 9.86. The van der Waals surface area contributed by atoms with Crippen LogP contribution in [0.1, 0.15) is 89.9 Å². The van der Waals surface area contributed by atoms with Gasteiger partial charge in [-0.3, -0.25) is 9.59 Å². The highest BCUT2D eigenvalue weighted by atomic mass is 16.5. The maximum atomic E-state index is 13.0. The van der Waals surface area contributed by atoms with Crippen molar-refractivity contribution in [1.29, 1.82) is 0 Å². The average molecular weight is 338 g/mol. The van der Waals surface area contributed by atoms with E-state index < -0.39 is 0 Å². The Kier molecular flexibility index (Phi) is 8.62. The van der Waals surface area contributed by atoms with Crippen molar-refractivity contribution in [1.82, 2.24) is 4.90 Å². The molecular formula is C20H35NO3. The maximum Gasteiger partial charge on any atom is 0.307 e. The van der Waals surface area contributed by atoms with Crippen LogP contribution in [0.25, 0.3) is 0 Å². The summed E-state index contributed by atoms with van der Waals surface area (Å²) in [7, 11) is 1.42. The lowest BCUT2D eigenvalue weighted by Crippen LogP contribution is -2.42. The molecule has 0 aliphatic heterocycles. The van der Waals surface area contributed by atoms with Crippen LogP contribution in [0.15, 0.2) is 0 Å². The molecule has 2 saturated carbocycles. The van der Waals surface area contributed by atoms with Crippen LogP contribution < -0.4 is 0 Å². The first-order valence-electron chi connectivity index (χ1n) is 10.1. The molecule has 0 aromatic heterocycles. The van der Waals surface area contributed by atoms with Crippen molar-refractivity contribution in [3.63, 3.8) is 0 Å². The van der Waals surface area contributed by atoms with Gasteiger partial charge in [0.25, 0.3) is 0 Å². The molecule has 0 bridgehead atoms. The van der Waals surface area contributed by atoms with E-state index >= 15 is 0 Å². The lowest BCUT2D eigenvalue weighted by Gasteiger charge is -2.34. The molecular weight excluding hydrogens is 302 g/mol. The molecule has 2 rings (SSSR count). The Morgan fingerprint density at radius 2 is 1.42 bits per heavy atom. The summed E-state index contributed by atoms with van der Waals surface area (Å²) in [6.45, 7) is 0.531. The van der Waals surface area contributed by atoms with Gasteiger partial charge in [-0.05, 0) is 31.6 Å². The van der Waals surface area contributed by atoms with Gasteiger partial charge >= 0.3 is 5.97 Å². The van der Waals surface area contributed by atoms with E-state index in [1.54, 1.807) is 0 Å². The van der Waals surface area contributed by atoms with Crippen LogP contribution in [0.2, 0.25) is 0 Å². The van der Waals surface area contributed by atoms with Gasteiger partial charge in [0.05, 0.1) is 13.5 Å². The van der Waals surface area contributed by atoms with Gasteiger partial charge in [-0.1, -0.05) is 51.4 Å². The molecule has 0 aromatic carbocycles. The fraction of sp³-hybridized carbons (Fsp3) is 0.900. The minimum Gasteiger partial charge on any atom is -0.469 e. The van der Waals surface area contributed by atoms with Crippen molar-refractivity contribution < 1.29 is 14.3 Å². The van der Waals surface area contributed by atoms with Crippen molar-refractivity contribution in [2.75, 3.05) is 13.7 Å². The van der Waals surface area contributed by atoms with Crippen LogP contribution in [0, 0.1) is 5.92 Å². The molecule has 2 aliphatic carbocycles. The van der Waals surface area contributed by atoms with Crippen molar-refractivity contribution in [3.8, 4) is 0 Å². The van der Waals surface area contributed by atoms with E-state index in [1.807, 2.05) is 4.90 Å². The molecule has 138 valence electrons. The smallest absolute Gasteiger partial charge is 0.307 e. The molecule has 0 atom stereocenters. The van der Waals surface area contributed by atoms with Gasteiger partial charge in [-0.2, -0.15) is 0 Å². The third-order valence-electron chi connectivity index (χ3n) is 5.81. The van der Waals surface area contributed by atoms with E-state index in [0.717, 1.165) is 12.8 Å². The Balaban J connectivity index is 1.96. The van der Waals surface area contributed by atoms with E-state index in [9.17, 15) is 9.59 Å². The first-order chi connectivity index (χ1) is 11.7. The van der Waals surface area contributed by atoms with Gasteiger partial charge in [0.1, 0.15) is 0 Å². The number of hydrogen-bond donors (Lipinski definition) is 0. The van der Waals surface area contributed by atoms with Gasteiger partial charge in [-0.25, -0.2) is 0 Å². The van der Waals surface area contributed by atoms with Gasteiger partial charge in [0, 0.05) is 19.0 Å². The molecule has 4 nitrogen and oxygen atoms in total. The molecule has 0 saturated heterocycles. The molecule has 2 fully saturated rings. The molecule has 0 unspecified atom stereocenters. The second kappa shape index (κ2) is 10.7. The molecule has 1 amide bonds. The van der Waals surface area contributed by atoms with Crippen LogP contribution in [0.4, 0.5) is 0 Å². The molecule has 0 radical (unpaired) electrons. The number of rotatable bonds is 6. The van der Waals surface area contributed by atoms with Crippen LogP contribution in [0.3, 0.4) is 0 Å². The normalized spacial score (nSPS) is 20.9. The zero-order valence-corrected chi connectivity index (χ0v) is 15.4. The second-order valence-corrected chi connectivity index (χ2v) is 7.62. The number of hydrogen-bond acceptors (Lipinski definition) is 3. The Bertz CT molecular complexity index is 382. The number of carbonyl (C=O) groups excluding carboxylic acids is 2. The maximum absolute atomic E-state index is 13.0. The Labute approximate surface area is 147 Å². The summed E-state index contributed by atoms with van der Waals surface area (Å²) < 4.78 is 4.79. The predicted molar refractivity (Wildman–Crippen MR) is 95.6 cm³/mol. The third-order valence-corrected chi connectivity index (χ3v) is 5.81. The van der Waals surface area contributed by atoms with Gasteiger partial charge in [-0.15, -0.1) is 0 Å². The van der Waals surface area contributed by atoms with E-state index in [0.29, 0.717) is 31.3 Å². The second-order valence-electron chi connectivity index (χ2n) is 7.62. The van der Waals surface area contributed by atoms with E-state index in [4.69, 9.17) is 4.74 Å². The summed E-state index contributed by atoms with van der Waals surface area (Å²) in [6, 6.07) is 0.325. The standard InChI is InChI=1S/C20H35NO3/c1-24-20(23)14-15-21(18-12-8-3-2-4-9-13-18)19(22)16-17-10-6-5-7-11-17/h17-18H,2-16H2,1H3. The van der Waals surface area contributed by atoms with Crippen molar-refractivity contribution in [2.24, 2.45) is 5.92 Å². The van der Waals surface area contributed by atoms with E-state index in [2.05, 4.69) is 0 Å². The monoisotopic (exact) mass is 337 g/mol. The van der Waals surface area contributed by atoms with Crippen LogP contribution >= 0.6 is 0 Å². The number of esters is 1. The first kappa shape index (κ1) is 19.3. The highest BCUT2D eigenvalue weighted by Crippen LogP contribution is 2.28. The topological polar surface area (TPSA) is 46.6 Å². The Morgan fingerprint density at radius 3 is 2.04 bits per heavy atom. The summed E-state index contributed by atoms with van der Waals surface area (Å²) in [5.41, 5.74) is 0. The fourth-order valence-electron chi connectivity index (χ4n) is 4.33. The van der Waals surface area contributed by atoms with Crippen molar-refractivity contribution >= 4 is 11.9 Å². The molecule has 24 heavy (non-hydrogen) atoms. The van der Waals surface area contributed by atoms with Crippen LogP contribution in [0.5, 0.6) is 0 Å². The fourth-order valence-corrected chi connectivity index (χ4v) is 4.33. The number of amides is 1. The summed E-state index contributed by atoms with van der Waals surface area (Å²) in [5, 5.41) is 0. The summed E-state index contributed by atoms with van der Waals surface area (Å²) in [6.07, 6.45) is 15.7. The van der Waals surface area contributed by atoms with Crippen LogP contribution in [-0.4, -0.2) is 36.5 Å². The number of ether oxygens (including phenoxy) is 1. The highest BCUT2D eigenvalue weighted by Gasteiger charge is 2.27. The zero-order valence-electron chi connectivity index (χ0n) is 15.4. The zero-order chi connectivity index (χ0) is 17.2. The van der Waals surface area contributed by atoms with Gasteiger partial charge in [0.2, 0.25) is 5.91 Å². The van der Waals surface area contributed by atoms with E-state index in [1.165, 1.54) is 71.3 Å². The van der Waals surface area contributed by atoms with Crippen molar-refractivity contribution in [2.45, 2.75) is 95.9 Å². The SMILES string of the molecule is COC(=O)CCN(C(=O)CC1CCCCC1)C1CCCCCCC1. The quantitative estimate of drug-likeness (QED) is 0.672. The van der Waals surface area contributed by atoms with Gasteiger partial charge < -0.3 is 9.64 Å². The van der Waals surface area contributed by atoms with Gasteiger partial charge in [0.15, 0.2) is 0 Å². The Hall–Kier alpha value is -1.06. The predicted octanol–water partition coefficient (Wildman–Crippen LogP) is 4.46. The third kappa shape index (κ3) is 6.45. The molecule has 0 aromatic rings. The number of nitrogens with zero attached hydrogens (tertiary/aromatic N) is 1. The number of carbonyl (C=O) groups is 2. The first-order valence-corrected chi connectivity index (χ1v) is 10.1. The van der Waals surface area contributed by atoms with Crippen LogP contribution in [-0.2, 0) is 14.3 Å². The highest BCUT2D eigenvalue weighted by molar-refractivity contribution is 5.78. The summed E-state index contributed by atoms with van der Waals surface area (Å²) in [5.74, 6) is 0.619. The largest absolute Gasteiger partial charge is 0.469 e. The summed E-state index contributed by atoms with van der Waals surface area (Å²) >= 11 is 0. The molecule has 0 spiro atoms.